The SMILES string of the molecule is O=C(CC(=O)c1nn[nH]n1)Cc1ncsn1. The Balaban J connectivity index is 1.91. The monoisotopic (exact) mass is 238 g/mol. The number of ketones is 2. The smallest absolute Gasteiger partial charge is 0.240 e. The van der Waals surface area contributed by atoms with Gasteiger partial charge in [-0.3, -0.25) is 9.59 Å². The van der Waals surface area contributed by atoms with E-state index in [1.165, 1.54) is 5.51 Å². The molecule has 82 valence electrons. The molecule has 9 heteroatoms. The van der Waals surface area contributed by atoms with Gasteiger partial charge >= 0.3 is 0 Å². The molecule has 1 N–H and O–H groups in total. The summed E-state index contributed by atoms with van der Waals surface area (Å²) in [5.74, 6) is -0.391. The van der Waals surface area contributed by atoms with E-state index in [0.29, 0.717) is 5.82 Å². The highest BCUT2D eigenvalue weighted by molar-refractivity contribution is 7.03. The van der Waals surface area contributed by atoms with Crippen LogP contribution >= 0.6 is 11.5 Å². The van der Waals surface area contributed by atoms with Crippen molar-refractivity contribution < 1.29 is 9.59 Å². The van der Waals surface area contributed by atoms with E-state index in [1.54, 1.807) is 0 Å². The average molecular weight is 238 g/mol. The molecule has 0 aliphatic carbocycles. The van der Waals surface area contributed by atoms with Crippen molar-refractivity contribution in [1.29, 1.82) is 0 Å². The molecule has 8 nitrogen and oxygen atoms in total. The summed E-state index contributed by atoms with van der Waals surface area (Å²) in [6, 6.07) is 0. The molecule has 2 aromatic heterocycles. The van der Waals surface area contributed by atoms with E-state index in [4.69, 9.17) is 0 Å². The lowest BCUT2D eigenvalue weighted by atomic mass is 10.1. The maximum absolute atomic E-state index is 11.4. The van der Waals surface area contributed by atoms with Crippen molar-refractivity contribution in [3.05, 3.63) is 17.2 Å². The fraction of sp³-hybridized carbons (Fsp3) is 0.286. The van der Waals surface area contributed by atoms with Crippen LogP contribution in [0.3, 0.4) is 0 Å². The third-order valence-electron chi connectivity index (χ3n) is 1.71. The van der Waals surface area contributed by atoms with Crippen molar-refractivity contribution in [2.75, 3.05) is 0 Å². The van der Waals surface area contributed by atoms with Crippen LogP contribution < -0.4 is 0 Å². The predicted octanol–water partition coefficient (Wildman–Crippen LogP) is -0.564. The Morgan fingerprint density at radius 2 is 2.31 bits per heavy atom. The molecule has 0 aliphatic heterocycles. The van der Waals surface area contributed by atoms with Gasteiger partial charge in [0.15, 0.2) is 0 Å². The third kappa shape index (κ3) is 2.51. The molecule has 0 saturated carbocycles. The van der Waals surface area contributed by atoms with Gasteiger partial charge in [0.25, 0.3) is 0 Å². The fourth-order valence-electron chi connectivity index (χ4n) is 1.05. The summed E-state index contributed by atoms with van der Waals surface area (Å²) >= 11 is 1.16. The minimum atomic E-state index is -0.464. The second kappa shape index (κ2) is 4.66. The number of tetrazole rings is 1. The van der Waals surface area contributed by atoms with Crippen molar-refractivity contribution >= 4 is 23.1 Å². The average Bonchev–Trinajstić information content (AvgIpc) is 2.88. The molecule has 0 amide bonds. The summed E-state index contributed by atoms with van der Waals surface area (Å²) in [6.45, 7) is 0. The number of hydrogen-bond donors (Lipinski definition) is 1. The highest BCUT2D eigenvalue weighted by Crippen LogP contribution is 2.01. The number of H-pyrrole nitrogens is 1. The highest BCUT2D eigenvalue weighted by atomic mass is 32.1. The van der Waals surface area contributed by atoms with Gasteiger partial charge in [0, 0.05) is 0 Å². The fourth-order valence-corrected chi connectivity index (χ4v) is 1.50. The maximum Gasteiger partial charge on any atom is 0.240 e. The second-order valence-electron chi connectivity index (χ2n) is 2.90. The van der Waals surface area contributed by atoms with Gasteiger partial charge in [-0.15, -0.1) is 10.2 Å². The number of hydrogen-bond acceptors (Lipinski definition) is 8. The van der Waals surface area contributed by atoms with E-state index in [2.05, 4.69) is 30.0 Å². The zero-order valence-electron chi connectivity index (χ0n) is 7.95. The number of Topliss-reactive ketones (excluding diaryl/α,β-unsaturated/α-hetero) is 2. The first-order chi connectivity index (χ1) is 7.75. The normalized spacial score (nSPS) is 10.2. The molecule has 0 saturated heterocycles. The minimum absolute atomic E-state index is 0.0487. The van der Waals surface area contributed by atoms with Gasteiger partial charge in [-0.25, -0.2) is 4.98 Å². The van der Waals surface area contributed by atoms with Crippen LogP contribution in [0.4, 0.5) is 0 Å². The largest absolute Gasteiger partial charge is 0.299 e. The minimum Gasteiger partial charge on any atom is -0.299 e. The van der Waals surface area contributed by atoms with Crippen LogP contribution in [0.2, 0.25) is 0 Å². The first kappa shape index (κ1) is 10.5. The summed E-state index contributed by atoms with van der Waals surface area (Å²) in [5.41, 5.74) is 1.53. The third-order valence-corrected chi connectivity index (χ3v) is 2.23. The first-order valence-electron chi connectivity index (χ1n) is 4.29. The molecule has 2 heterocycles. The van der Waals surface area contributed by atoms with Crippen molar-refractivity contribution in [2.24, 2.45) is 0 Å². The quantitative estimate of drug-likeness (QED) is 0.548. The van der Waals surface area contributed by atoms with Crippen molar-refractivity contribution in [1.82, 2.24) is 30.0 Å². The van der Waals surface area contributed by atoms with Crippen LogP contribution in [0.1, 0.15) is 22.9 Å². The Morgan fingerprint density at radius 3 is 2.94 bits per heavy atom. The van der Waals surface area contributed by atoms with E-state index >= 15 is 0 Å². The molecular formula is C7H6N6O2S. The molecule has 2 rings (SSSR count). The molecule has 0 unspecified atom stereocenters. The Hall–Kier alpha value is -2.03. The number of aromatic amines is 1. The summed E-state index contributed by atoms with van der Waals surface area (Å²) in [4.78, 5) is 26.7. The summed E-state index contributed by atoms with van der Waals surface area (Å²) < 4.78 is 3.87. The lowest BCUT2D eigenvalue weighted by molar-refractivity contribution is -0.117. The molecule has 0 radical (unpaired) electrons. The number of carbonyl (C=O) groups is 2. The van der Waals surface area contributed by atoms with Gasteiger partial charge in [0.05, 0.1) is 12.8 Å². The van der Waals surface area contributed by atoms with Crippen LogP contribution in [0.5, 0.6) is 0 Å². The molecule has 0 aromatic carbocycles. The zero-order valence-corrected chi connectivity index (χ0v) is 8.77. The molecule has 0 bridgehead atoms. The Morgan fingerprint density at radius 1 is 1.44 bits per heavy atom. The van der Waals surface area contributed by atoms with E-state index in [0.717, 1.165) is 11.5 Å². The maximum atomic E-state index is 11.4. The highest BCUT2D eigenvalue weighted by Gasteiger charge is 2.16. The van der Waals surface area contributed by atoms with E-state index in [-0.39, 0.29) is 24.4 Å². The van der Waals surface area contributed by atoms with Gasteiger partial charge < -0.3 is 0 Å². The topological polar surface area (TPSA) is 114 Å². The molecule has 0 fully saturated rings. The number of carbonyl (C=O) groups excluding carboxylic acids is 2. The second-order valence-corrected chi connectivity index (χ2v) is 3.50. The Kier molecular flexibility index (Phi) is 3.05. The van der Waals surface area contributed by atoms with Crippen molar-refractivity contribution in [2.45, 2.75) is 12.8 Å². The van der Waals surface area contributed by atoms with Crippen molar-refractivity contribution in [3.8, 4) is 0 Å². The molecule has 0 aliphatic rings. The Labute approximate surface area is 93.3 Å². The molecule has 0 spiro atoms. The lowest BCUT2D eigenvalue weighted by Gasteiger charge is -1.93. The number of nitrogens with zero attached hydrogens (tertiary/aromatic N) is 5. The van der Waals surface area contributed by atoms with E-state index < -0.39 is 5.78 Å². The van der Waals surface area contributed by atoms with Crippen LogP contribution in [0.15, 0.2) is 5.51 Å². The van der Waals surface area contributed by atoms with Crippen LogP contribution in [0, 0.1) is 0 Å². The van der Waals surface area contributed by atoms with Gasteiger partial charge in [-0.05, 0) is 16.7 Å². The molecule has 2 aromatic rings. The van der Waals surface area contributed by atoms with Crippen LogP contribution in [-0.2, 0) is 11.2 Å². The number of aromatic nitrogens is 6. The molecular weight excluding hydrogens is 232 g/mol. The number of nitrogens with one attached hydrogen (secondary N) is 1. The van der Waals surface area contributed by atoms with Gasteiger partial charge in [0.1, 0.15) is 17.1 Å². The molecule has 0 atom stereocenters. The predicted molar refractivity (Wildman–Crippen MR) is 51.7 cm³/mol. The van der Waals surface area contributed by atoms with E-state index in [1.807, 2.05) is 0 Å². The standard InChI is InChI=1S/C7H6N6O2S/c14-4(2-6-8-3-16-11-6)1-5(15)7-9-12-13-10-7/h3H,1-2H2,(H,9,10,12,13). The van der Waals surface area contributed by atoms with Crippen LogP contribution in [0.25, 0.3) is 0 Å². The van der Waals surface area contributed by atoms with Crippen LogP contribution in [-0.4, -0.2) is 41.5 Å². The number of rotatable bonds is 5. The van der Waals surface area contributed by atoms with Gasteiger partial charge in [0.2, 0.25) is 11.6 Å². The zero-order chi connectivity index (χ0) is 11.4. The van der Waals surface area contributed by atoms with Gasteiger partial charge in [-0.1, -0.05) is 0 Å². The summed E-state index contributed by atoms with van der Waals surface area (Å²) in [7, 11) is 0. The van der Waals surface area contributed by atoms with Crippen molar-refractivity contribution in [3.63, 3.8) is 0 Å². The first-order valence-corrected chi connectivity index (χ1v) is 5.13. The lowest BCUT2D eigenvalue weighted by Crippen LogP contribution is -2.12. The van der Waals surface area contributed by atoms with E-state index in [9.17, 15) is 9.59 Å². The molecule has 16 heavy (non-hydrogen) atoms. The summed E-state index contributed by atoms with van der Waals surface area (Å²) in [6.07, 6.45) is -0.216. The van der Waals surface area contributed by atoms with Gasteiger partial charge in [-0.2, -0.15) is 9.59 Å². The summed E-state index contributed by atoms with van der Waals surface area (Å²) in [5, 5.41) is 12.4. The Bertz CT molecular complexity index is 479.